The molecule has 0 aliphatic carbocycles. The number of amides is 3. The van der Waals surface area contributed by atoms with Gasteiger partial charge in [0.1, 0.15) is 5.82 Å². The molecule has 24 heavy (non-hydrogen) atoms. The molecule has 0 bridgehead atoms. The van der Waals surface area contributed by atoms with Gasteiger partial charge in [0.2, 0.25) is 0 Å². The molecule has 2 fully saturated rings. The minimum atomic E-state index is -0.528. The lowest BCUT2D eigenvalue weighted by atomic mass is 10.0. The fraction of sp³-hybridized carbons (Fsp3) is 0.529. The van der Waals surface area contributed by atoms with Crippen LogP contribution in [-0.2, 0) is 0 Å². The summed E-state index contributed by atoms with van der Waals surface area (Å²) in [7, 11) is 0. The van der Waals surface area contributed by atoms with Crippen LogP contribution in [0.1, 0.15) is 30.1 Å². The molecular weight excluding hydrogens is 333 g/mol. The van der Waals surface area contributed by atoms with Gasteiger partial charge >= 0.3 is 6.03 Å². The Bertz CT molecular complexity index is 647. The maximum atomic E-state index is 13.2. The lowest BCUT2D eigenvalue weighted by Gasteiger charge is -2.36. The van der Waals surface area contributed by atoms with Gasteiger partial charge in [0, 0.05) is 44.3 Å². The van der Waals surface area contributed by atoms with Crippen molar-refractivity contribution in [2.75, 3.05) is 32.7 Å². The Balaban J connectivity index is 1.60. The molecule has 3 rings (SSSR count). The first-order valence-electron chi connectivity index (χ1n) is 8.31. The highest BCUT2D eigenvalue weighted by Crippen LogP contribution is 2.23. The molecule has 0 saturated carbocycles. The monoisotopic (exact) mass is 353 g/mol. The van der Waals surface area contributed by atoms with Gasteiger partial charge in [-0.15, -0.1) is 0 Å². The van der Waals surface area contributed by atoms with Crippen molar-refractivity contribution in [3.63, 3.8) is 0 Å². The minimum Gasteiger partial charge on any atom is -0.338 e. The third kappa shape index (κ3) is 3.20. The number of hydrogen-bond donors (Lipinski definition) is 0. The van der Waals surface area contributed by atoms with E-state index in [2.05, 4.69) is 0 Å². The first kappa shape index (κ1) is 17.0. The average Bonchev–Trinajstić information content (AvgIpc) is 2.97. The van der Waals surface area contributed by atoms with Crippen molar-refractivity contribution < 1.29 is 14.0 Å². The lowest BCUT2D eigenvalue weighted by Crippen LogP contribution is -2.48. The Morgan fingerprint density at radius 3 is 2.54 bits per heavy atom. The zero-order valence-electron chi connectivity index (χ0n) is 13.7. The van der Waals surface area contributed by atoms with E-state index in [-0.39, 0.29) is 23.0 Å². The van der Waals surface area contributed by atoms with Crippen molar-refractivity contribution >= 4 is 23.5 Å². The number of likely N-dealkylation sites (N-methyl/N-ethyl adjacent to an activating group) is 1. The van der Waals surface area contributed by atoms with Gasteiger partial charge in [-0.3, -0.25) is 4.79 Å². The van der Waals surface area contributed by atoms with E-state index in [1.807, 2.05) is 16.7 Å². The molecule has 130 valence electrons. The summed E-state index contributed by atoms with van der Waals surface area (Å²) < 4.78 is 13.2. The molecule has 0 radical (unpaired) electrons. The largest absolute Gasteiger partial charge is 0.338 e. The zero-order chi connectivity index (χ0) is 17.3. The summed E-state index contributed by atoms with van der Waals surface area (Å²) in [5.74, 6) is -0.668. The fourth-order valence-electron chi connectivity index (χ4n) is 3.43. The highest BCUT2D eigenvalue weighted by Gasteiger charge is 2.35. The maximum Gasteiger partial charge on any atom is 0.320 e. The molecule has 2 aliphatic rings. The normalized spacial score (nSPS) is 19.3. The predicted molar refractivity (Wildman–Crippen MR) is 89.7 cm³/mol. The van der Waals surface area contributed by atoms with Crippen LogP contribution in [-0.4, -0.2) is 65.4 Å². The summed E-state index contributed by atoms with van der Waals surface area (Å²) in [5.41, 5.74) is 0.397. The van der Waals surface area contributed by atoms with E-state index < -0.39 is 5.82 Å². The SMILES string of the molecule is CCN1CCN(C2CCN(C(=O)c3ccc(F)c(Cl)c3)CC2)C1=O. The van der Waals surface area contributed by atoms with Crippen LogP contribution in [0.4, 0.5) is 9.18 Å². The third-order valence-corrected chi connectivity index (χ3v) is 5.16. The lowest BCUT2D eigenvalue weighted by molar-refractivity contribution is 0.0663. The maximum absolute atomic E-state index is 13.2. The van der Waals surface area contributed by atoms with Crippen LogP contribution < -0.4 is 0 Å². The molecular formula is C17H21ClFN3O2. The number of benzene rings is 1. The van der Waals surface area contributed by atoms with E-state index >= 15 is 0 Å². The van der Waals surface area contributed by atoms with E-state index in [0.717, 1.165) is 32.5 Å². The van der Waals surface area contributed by atoms with Gasteiger partial charge in [-0.05, 0) is 38.0 Å². The van der Waals surface area contributed by atoms with Crippen LogP contribution in [0, 0.1) is 5.82 Å². The van der Waals surface area contributed by atoms with Crippen molar-refractivity contribution in [3.8, 4) is 0 Å². The smallest absolute Gasteiger partial charge is 0.320 e. The summed E-state index contributed by atoms with van der Waals surface area (Å²) in [5, 5.41) is -0.0435. The molecule has 3 amide bonds. The molecule has 0 N–H and O–H groups in total. The van der Waals surface area contributed by atoms with E-state index in [0.29, 0.717) is 18.7 Å². The van der Waals surface area contributed by atoms with Gasteiger partial charge in [-0.2, -0.15) is 0 Å². The number of hydrogen-bond acceptors (Lipinski definition) is 2. The quantitative estimate of drug-likeness (QED) is 0.838. The average molecular weight is 354 g/mol. The van der Waals surface area contributed by atoms with E-state index in [4.69, 9.17) is 11.6 Å². The Morgan fingerprint density at radius 1 is 1.25 bits per heavy atom. The molecule has 5 nitrogen and oxygen atoms in total. The van der Waals surface area contributed by atoms with Gasteiger partial charge in [0.15, 0.2) is 0 Å². The Hall–Kier alpha value is -1.82. The van der Waals surface area contributed by atoms with Crippen LogP contribution >= 0.6 is 11.6 Å². The molecule has 2 saturated heterocycles. The molecule has 0 unspecified atom stereocenters. The minimum absolute atomic E-state index is 0.0435. The second-order valence-corrected chi connectivity index (χ2v) is 6.62. The van der Waals surface area contributed by atoms with Crippen molar-refractivity contribution in [1.82, 2.24) is 14.7 Å². The first-order chi connectivity index (χ1) is 11.5. The Morgan fingerprint density at radius 2 is 1.96 bits per heavy atom. The molecule has 2 aliphatic heterocycles. The van der Waals surface area contributed by atoms with Gasteiger partial charge in [0.05, 0.1) is 5.02 Å². The predicted octanol–water partition coefficient (Wildman–Crippen LogP) is 2.84. The molecule has 0 aromatic heterocycles. The molecule has 0 spiro atoms. The number of rotatable bonds is 3. The van der Waals surface area contributed by atoms with Crippen molar-refractivity contribution in [1.29, 1.82) is 0 Å². The number of carbonyl (C=O) groups excluding carboxylic acids is 2. The highest BCUT2D eigenvalue weighted by molar-refractivity contribution is 6.31. The van der Waals surface area contributed by atoms with Gasteiger partial charge in [0.25, 0.3) is 5.91 Å². The molecule has 0 atom stereocenters. The van der Waals surface area contributed by atoms with E-state index in [1.54, 1.807) is 4.90 Å². The van der Waals surface area contributed by atoms with Crippen LogP contribution in [0.5, 0.6) is 0 Å². The van der Waals surface area contributed by atoms with Crippen LogP contribution in [0.2, 0.25) is 5.02 Å². The highest BCUT2D eigenvalue weighted by atomic mass is 35.5. The summed E-state index contributed by atoms with van der Waals surface area (Å²) in [6, 6.07) is 4.33. The number of piperidine rings is 1. The number of nitrogens with zero attached hydrogens (tertiary/aromatic N) is 3. The first-order valence-corrected chi connectivity index (χ1v) is 8.69. The molecule has 1 aromatic carbocycles. The third-order valence-electron chi connectivity index (χ3n) is 4.87. The fourth-order valence-corrected chi connectivity index (χ4v) is 3.61. The van der Waals surface area contributed by atoms with Crippen molar-refractivity contribution in [2.24, 2.45) is 0 Å². The standard InChI is InChI=1S/C17H21ClFN3O2/c1-2-20-9-10-22(17(20)24)13-5-7-21(8-6-13)16(23)12-3-4-15(19)14(18)11-12/h3-4,11,13H,2,5-10H2,1H3. The summed E-state index contributed by atoms with van der Waals surface area (Å²) in [6.45, 7) is 5.44. The van der Waals surface area contributed by atoms with Gasteiger partial charge in [-0.25, -0.2) is 9.18 Å². The van der Waals surface area contributed by atoms with E-state index in [1.165, 1.54) is 18.2 Å². The number of halogens is 2. The second kappa shape index (κ2) is 6.97. The van der Waals surface area contributed by atoms with Crippen molar-refractivity contribution in [2.45, 2.75) is 25.8 Å². The summed E-state index contributed by atoms with van der Waals surface area (Å²) in [6.07, 6.45) is 1.54. The molecule has 2 heterocycles. The summed E-state index contributed by atoms with van der Waals surface area (Å²) in [4.78, 5) is 30.3. The number of carbonyl (C=O) groups is 2. The van der Waals surface area contributed by atoms with E-state index in [9.17, 15) is 14.0 Å². The molecule has 7 heteroatoms. The second-order valence-electron chi connectivity index (χ2n) is 6.21. The topological polar surface area (TPSA) is 43.9 Å². The van der Waals surface area contributed by atoms with Gasteiger partial charge < -0.3 is 14.7 Å². The number of urea groups is 1. The number of likely N-dealkylation sites (tertiary alicyclic amines) is 1. The van der Waals surface area contributed by atoms with Gasteiger partial charge in [-0.1, -0.05) is 11.6 Å². The van der Waals surface area contributed by atoms with Crippen LogP contribution in [0.3, 0.4) is 0 Å². The Kier molecular flexibility index (Phi) is 4.94. The zero-order valence-corrected chi connectivity index (χ0v) is 14.4. The van der Waals surface area contributed by atoms with Crippen LogP contribution in [0.15, 0.2) is 18.2 Å². The molecule has 1 aromatic rings. The van der Waals surface area contributed by atoms with Crippen LogP contribution in [0.25, 0.3) is 0 Å². The Labute approximate surface area is 146 Å². The summed E-state index contributed by atoms with van der Waals surface area (Å²) >= 11 is 5.75. The van der Waals surface area contributed by atoms with Crippen molar-refractivity contribution in [3.05, 3.63) is 34.6 Å².